The van der Waals surface area contributed by atoms with Crippen molar-refractivity contribution in [2.24, 2.45) is 0 Å². The second-order valence-corrected chi connectivity index (χ2v) is 5.37. The molecule has 0 aliphatic heterocycles. The van der Waals surface area contributed by atoms with Crippen LogP contribution < -0.4 is 10.2 Å². The van der Waals surface area contributed by atoms with Gasteiger partial charge in [0.25, 0.3) is 0 Å². The van der Waals surface area contributed by atoms with E-state index >= 15 is 0 Å². The Labute approximate surface area is 128 Å². The van der Waals surface area contributed by atoms with E-state index in [2.05, 4.69) is 85.6 Å². The van der Waals surface area contributed by atoms with Gasteiger partial charge in [0, 0.05) is 24.8 Å². The fourth-order valence-electron chi connectivity index (χ4n) is 2.59. The van der Waals surface area contributed by atoms with Crippen molar-refractivity contribution in [3.8, 4) is 0 Å². The number of nitrogens with one attached hydrogen (secondary N) is 1. The van der Waals surface area contributed by atoms with Gasteiger partial charge in [-0.05, 0) is 43.7 Å². The average molecular weight is 282 g/mol. The molecule has 0 amide bonds. The van der Waals surface area contributed by atoms with Crippen LogP contribution in [0.15, 0.2) is 54.6 Å². The molecule has 0 saturated carbocycles. The molecule has 0 spiro atoms. The van der Waals surface area contributed by atoms with Crippen LogP contribution in [0.2, 0.25) is 0 Å². The van der Waals surface area contributed by atoms with Crippen LogP contribution in [0.1, 0.15) is 37.9 Å². The van der Waals surface area contributed by atoms with E-state index in [-0.39, 0.29) is 0 Å². The monoisotopic (exact) mass is 282 g/mol. The highest BCUT2D eigenvalue weighted by atomic mass is 15.1. The SMILES string of the molecule is CCNC(C)c1ccc(N(CC)Cc2ccccc2)cc1. The van der Waals surface area contributed by atoms with Crippen molar-refractivity contribution in [1.82, 2.24) is 5.32 Å². The number of rotatable bonds is 7. The summed E-state index contributed by atoms with van der Waals surface area (Å²) in [7, 11) is 0. The van der Waals surface area contributed by atoms with Crippen LogP contribution in [0.5, 0.6) is 0 Å². The van der Waals surface area contributed by atoms with E-state index in [1.165, 1.54) is 16.8 Å². The summed E-state index contributed by atoms with van der Waals surface area (Å²) in [6, 6.07) is 20.0. The van der Waals surface area contributed by atoms with E-state index in [9.17, 15) is 0 Å². The lowest BCUT2D eigenvalue weighted by molar-refractivity contribution is 0.598. The van der Waals surface area contributed by atoms with Crippen molar-refractivity contribution < 1.29 is 0 Å². The van der Waals surface area contributed by atoms with Crippen molar-refractivity contribution in [3.05, 3.63) is 65.7 Å². The van der Waals surface area contributed by atoms with Gasteiger partial charge in [0.1, 0.15) is 0 Å². The molecular formula is C19H26N2. The zero-order valence-corrected chi connectivity index (χ0v) is 13.3. The highest BCUT2D eigenvalue weighted by Crippen LogP contribution is 2.20. The highest BCUT2D eigenvalue weighted by molar-refractivity contribution is 5.48. The Hall–Kier alpha value is -1.80. The first kappa shape index (κ1) is 15.6. The maximum absolute atomic E-state index is 3.45. The smallest absolute Gasteiger partial charge is 0.0429 e. The molecule has 0 fully saturated rings. The third kappa shape index (κ3) is 4.33. The average Bonchev–Trinajstić information content (AvgIpc) is 2.54. The van der Waals surface area contributed by atoms with Gasteiger partial charge in [0.05, 0.1) is 0 Å². The van der Waals surface area contributed by atoms with Gasteiger partial charge < -0.3 is 10.2 Å². The molecule has 2 aromatic carbocycles. The lowest BCUT2D eigenvalue weighted by atomic mass is 10.1. The summed E-state index contributed by atoms with van der Waals surface area (Å²) in [4.78, 5) is 2.40. The van der Waals surface area contributed by atoms with Crippen LogP contribution in [-0.4, -0.2) is 13.1 Å². The maximum Gasteiger partial charge on any atom is 0.0429 e. The largest absolute Gasteiger partial charge is 0.367 e. The third-order valence-corrected chi connectivity index (χ3v) is 3.87. The number of benzene rings is 2. The number of nitrogens with zero attached hydrogens (tertiary/aromatic N) is 1. The quantitative estimate of drug-likeness (QED) is 0.810. The zero-order valence-electron chi connectivity index (χ0n) is 13.3. The summed E-state index contributed by atoms with van der Waals surface area (Å²) in [5.74, 6) is 0. The minimum Gasteiger partial charge on any atom is -0.367 e. The normalized spacial score (nSPS) is 12.1. The molecule has 0 aliphatic carbocycles. The molecule has 0 heterocycles. The highest BCUT2D eigenvalue weighted by Gasteiger charge is 2.07. The lowest BCUT2D eigenvalue weighted by Crippen LogP contribution is -2.22. The summed E-state index contributed by atoms with van der Waals surface area (Å²) in [5, 5.41) is 3.45. The van der Waals surface area contributed by atoms with Gasteiger partial charge >= 0.3 is 0 Å². The predicted octanol–water partition coefficient (Wildman–Crippen LogP) is 4.38. The molecule has 0 radical (unpaired) electrons. The van der Waals surface area contributed by atoms with E-state index < -0.39 is 0 Å². The van der Waals surface area contributed by atoms with E-state index in [0.29, 0.717) is 6.04 Å². The molecule has 0 aromatic heterocycles. The summed E-state index contributed by atoms with van der Waals surface area (Å²) >= 11 is 0. The van der Waals surface area contributed by atoms with Gasteiger partial charge in [-0.3, -0.25) is 0 Å². The Morgan fingerprint density at radius 1 is 0.952 bits per heavy atom. The van der Waals surface area contributed by atoms with Gasteiger partial charge in [-0.1, -0.05) is 49.4 Å². The fourth-order valence-corrected chi connectivity index (χ4v) is 2.59. The molecule has 1 unspecified atom stereocenters. The minimum absolute atomic E-state index is 0.410. The maximum atomic E-state index is 3.45. The topological polar surface area (TPSA) is 15.3 Å². The molecule has 2 heteroatoms. The molecule has 112 valence electrons. The molecule has 1 N–H and O–H groups in total. The first-order valence-electron chi connectivity index (χ1n) is 7.86. The van der Waals surface area contributed by atoms with Gasteiger partial charge in [-0.2, -0.15) is 0 Å². The van der Waals surface area contributed by atoms with Crippen LogP contribution in [0.3, 0.4) is 0 Å². The third-order valence-electron chi connectivity index (χ3n) is 3.87. The van der Waals surface area contributed by atoms with Gasteiger partial charge in [0.2, 0.25) is 0 Å². The summed E-state index contributed by atoms with van der Waals surface area (Å²) in [6.07, 6.45) is 0. The van der Waals surface area contributed by atoms with Crippen LogP contribution in [0.25, 0.3) is 0 Å². The molecule has 0 saturated heterocycles. The first-order chi connectivity index (χ1) is 10.2. The molecule has 0 aliphatic rings. The molecule has 21 heavy (non-hydrogen) atoms. The van der Waals surface area contributed by atoms with Gasteiger partial charge in [-0.15, -0.1) is 0 Å². The summed E-state index contributed by atoms with van der Waals surface area (Å²) in [5.41, 5.74) is 3.98. The molecule has 2 nitrogen and oxygen atoms in total. The van der Waals surface area contributed by atoms with Crippen LogP contribution in [0.4, 0.5) is 5.69 Å². The van der Waals surface area contributed by atoms with Crippen LogP contribution >= 0.6 is 0 Å². The van der Waals surface area contributed by atoms with E-state index in [1.807, 2.05) is 0 Å². The van der Waals surface area contributed by atoms with E-state index in [0.717, 1.165) is 19.6 Å². The van der Waals surface area contributed by atoms with Crippen molar-refractivity contribution in [3.63, 3.8) is 0 Å². The molecule has 1 atom stereocenters. The number of hydrogen-bond donors (Lipinski definition) is 1. The Bertz CT molecular complexity index is 519. The van der Waals surface area contributed by atoms with Gasteiger partial charge in [-0.25, -0.2) is 0 Å². The van der Waals surface area contributed by atoms with Crippen molar-refractivity contribution in [2.45, 2.75) is 33.4 Å². The predicted molar refractivity (Wildman–Crippen MR) is 91.7 cm³/mol. The first-order valence-corrected chi connectivity index (χ1v) is 7.86. The fraction of sp³-hybridized carbons (Fsp3) is 0.368. The van der Waals surface area contributed by atoms with E-state index in [4.69, 9.17) is 0 Å². The Morgan fingerprint density at radius 3 is 2.19 bits per heavy atom. The van der Waals surface area contributed by atoms with Crippen molar-refractivity contribution in [2.75, 3.05) is 18.0 Å². The molecule has 2 aromatic rings. The second kappa shape index (κ2) is 7.84. The Balaban J connectivity index is 2.08. The molecular weight excluding hydrogens is 256 g/mol. The second-order valence-electron chi connectivity index (χ2n) is 5.37. The van der Waals surface area contributed by atoms with Crippen molar-refractivity contribution >= 4 is 5.69 Å². The van der Waals surface area contributed by atoms with Crippen molar-refractivity contribution in [1.29, 1.82) is 0 Å². The minimum atomic E-state index is 0.410. The zero-order chi connectivity index (χ0) is 15.1. The standard InChI is InChI=1S/C19H26N2/c1-4-20-16(3)18-11-13-19(14-12-18)21(5-2)15-17-9-7-6-8-10-17/h6-14,16,20H,4-5,15H2,1-3H3. The number of anilines is 1. The molecule has 2 rings (SSSR count). The lowest BCUT2D eigenvalue weighted by Gasteiger charge is -2.24. The summed E-state index contributed by atoms with van der Waals surface area (Å²) in [6.45, 7) is 9.52. The number of hydrogen-bond acceptors (Lipinski definition) is 2. The Kier molecular flexibility index (Phi) is 5.82. The van der Waals surface area contributed by atoms with Gasteiger partial charge in [0.15, 0.2) is 0 Å². The Morgan fingerprint density at radius 2 is 1.62 bits per heavy atom. The van der Waals surface area contributed by atoms with Crippen LogP contribution in [0, 0.1) is 0 Å². The summed E-state index contributed by atoms with van der Waals surface area (Å²) < 4.78 is 0. The van der Waals surface area contributed by atoms with Crippen LogP contribution in [-0.2, 0) is 6.54 Å². The molecule has 0 bridgehead atoms. The van der Waals surface area contributed by atoms with E-state index in [1.54, 1.807) is 0 Å².